The van der Waals surface area contributed by atoms with Crippen molar-refractivity contribution in [1.82, 2.24) is 0 Å². The van der Waals surface area contributed by atoms with Gasteiger partial charge in [0, 0.05) is 6.04 Å². The van der Waals surface area contributed by atoms with Crippen molar-refractivity contribution in [2.45, 2.75) is 6.04 Å². The molecule has 76 valence electrons. The van der Waals surface area contributed by atoms with E-state index in [9.17, 15) is 5.11 Å². The van der Waals surface area contributed by atoms with Gasteiger partial charge in [-0.15, -0.1) is 6.58 Å². The lowest BCUT2D eigenvalue weighted by molar-refractivity contribution is 0.371. The van der Waals surface area contributed by atoms with Gasteiger partial charge in [0.05, 0.1) is 10.7 Å². The van der Waals surface area contributed by atoms with Crippen LogP contribution in [-0.2, 0) is 0 Å². The molecule has 0 saturated heterocycles. The molecule has 0 bridgehead atoms. The lowest BCUT2D eigenvalue weighted by Gasteiger charge is -2.11. The van der Waals surface area contributed by atoms with Crippen LogP contribution >= 0.6 is 22.6 Å². The van der Waals surface area contributed by atoms with E-state index in [-0.39, 0.29) is 11.8 Å². The van der Waals surface area contributed by atoms with Gasteiger partial charge >= 0.3 is 0 Å². The first-order valence-electron chi connectivity index (χ1n) is 4.04. The Bertz CT molecular complexity index is 352. The van der Waals surface area contributed by atoms with Gasteiger partial charge in [-0.2, -0.15) is 0 Å². The van der Waals surface area contributed by atoms with E-state index in [1.54, 1.807) is 12.1 Å². The second-order valence-corrected chi connectivity index (χ2v) is 3.98. The molecule has 0 aromatic heterocycles. The largest absolute Gasteiger partial charge is 0.504 e. The van der Waals surface area contributed by atoms with Crippen molar-refractivity contribution in [3.05, 3.63) is 33.9 Å². The van der Waals surface area contributed by atoms with E-state index in [1.807, 2.05) is 28.7 Å². The summed E-state index contributed by atoms with van der Waals surface area (Å²) in [4.78, 5) is 0. The number of phenolic OH excluding ortho intramolecular Hbond substituents is 1. The Hall–Kier alpha value is -0.750. The van der Waals surface area contributed by atoms with Crippen LogP contribution in [0.2, 0.25) is 0 Å². The number of aromatic hydroxyl groups is 1. The van der Waals surface area contributed by atoms with Crippen LogP contribution in [0.1, 0.15) is 11.6 Å². The van der Waals surface area contributed by atoms with Crippen molar-refractivity contribution in [3.63, 3.8) is 0 Å². The monoisotopic (exact) mass is 305 g/mol. The average molecular weight is 305 g/mol. The van der Waals surface area contributed by atoms with Crippen molar-refractivity contribution < 1.29 is 9.84 Å². The van der Waals surface area contributed by atoms with E-state index in [1.165, 1.54) is 7.11 Å². The summed E-state index contributed by atoms with van der Waals surface area (Å²) in [6.45, 7) is 3.61. The standard InChI is InChI=1S/C10H12INO2/c1-3-8(12)6-4-7(11)10(13)9(5-6)14-2/h3-5,8,13H,1,12H2,2H3/t8-/m1/s1. The molecule has 0 aliphatic carbocycles. The highest BCUT2D eigenvalue weighted by molar-refractivity contribution is 14.1. The summed E-state index contributed by atoms with van der Waals surface area (Å²) in [5.74, 6) is 0.581. The molecular formula is C10H12INO2. The number of hydrogen-bond donors (Lipinski definition) is 2. The van der Waals surface area contributed by atoms with Gasteiger partial charge in [0.2, 0.25) is 0 Å². The van der Waals surface area contributed by atoms with Gasteiger partial charge in [0.25, 0.3) is 0 Å². The predicted molar refractivity (Wildman–Crippen MR) is 64.5 cm³/mol. The number of rotatable bonds is 3. The highest BCUT2D eigenvalue weighted by Gasteiger charge is 2.10. The highest BCUT2D eigenvalue weighted by atomic mass is 127. The topological polar surface area (TPSA) is 55.5 Å². The minimum absolute atomic E-state index is 0.146. The Labute approximate surface area is 96.7 Å². The summed E-state index contributed by atoms with van der Waals surface area (Å²) in [6, 6.07) is 3.28. The molecular weight excluding hydrogens is 293 g/mol. The fourth-order valence-electron chi connectivity index (χ4n) is 1.08. The van der Waals surface area contributed by atoms with Gasteiger partial charge in [-0.25, -0.2) is 0 Å². The van der Waals surface area contributed by atoms with Gasteiger partial charge in [-0.3, -0.25) is 0 Å². The van der Waals surface area contributed by atoms with Gasteiger partial charge in [-0.05, 0) is 40.3 Å². The molecule has 0 radical (unpaired) electrons. The Morgan fingerprint density at radius 2 is 2.29 bits per heavy atom. The number of phenols is 1. The molecule has 1 atom stereocenters. The zero-order chi connectivity index (χ0) is 10.7. The number of ether oxygens (including phenoxy) is 1. The lowest BCUT2D eigenvalue weighted by atomic mass is 10.1. The van der Waals surface area contributed by atoms with Gasteiger partial charge in [0.1, 0.15) is 0 Å². The molecule has 1 rings (SSSR count). The molecule has 3 N–H and O–H groups in total. The summed E-state index contributed by atoms with van der Waals surface area (Å²) < 4.78 is 5.73. The fourth-order valence-corrected chi connectivity index (χ4v) is 1.70. The normalized spacial score (nSPS) is 12.2. The molecule has 1 aromatic carbocycles. The first-order chi connectivity index (χ1) is 6.60. The van der Waals surface area contributed by atoms with Crippen molar-refractivity contribution in [2.75, 3.05) is 7.11 Å². The maximum absolute atomic E-state index is 9.58. The van der Waals surface area contributed by atoms with Crippen LogP contribution < -0.4 is 10.5 Å². The quantitative estimate of drug-likeness (QED) is 0.665. The SMILES string of the molecule is C=C[C@@H](N)c1cc(I)c(O)c(OC)c1. The molecule has 0 aliphatic heterocycles. The minimum atomic E-state index is -0.238. The number of halogens is 1. The van der Waals surface area contributed by atoms with Crippen molar-refractivity contribution in [2.24, 2.45) is 5.73 Å². The van der Waals surface area contributed by atoms with Crippen LogP contribution in [0.4, 0.5) is 0 Å². The molecule has 4 heteroatoms. The van der Waals surface area contributed by atoms with Crippen LogP contribution in [-0.4, -0.2) is 12.2 Å². The van der Waals surface area contributed by atoms with E-state index in [0.717, 1.165) is 5.56 Å². The third-order valence-corrected chi connectivity index (χ3v) is 2.73. The van der Waals surface area contributed by atoms with E-state index >= 15 is 0 Å². The number of hydrogen-bond acceptors (Lipinski definition) is 3. The third-order valence-electron chi connectivity index (χ3n) is 1.91. The fraction of sp³-hybridized carbons (Fsp3) is 0.200. The van der Waals surface area contributed by atoms with Crippen LogP contribution in [0.3, 0.4) is 0 Å². The number of benzene rings is 1. The first-order valence-corrected chi connectivity index (χ1v) is 5.12. The molecule has 1 aromatic rings. The number of nitrogens with two attached hydrogens (primary N) is 1. The molecule has 14 heavy (non-hydrogen) atoms. The summed E-state index contributed by atoms with van der Waals surface area (Å²) in [6.07, 6.45) is 1.64. The summed E-state index contributed by atoms with van der Waals surface area (Å²) in [5, 5.41) is 9.58. The average Bonchev–Trinajstić information content (AvgIpc) is 2.20. The zero-order valence-electron chi connectivity index (χ0n) is 7.83. The van der Waals surface area contributed by atoms with Crippen molar-refractivity contribution in [1.29, 1.82) is 0 Å². The zero-order valence-corrected chi connectivity index (χ0v) is 9.98. The molecule has 0 saturated carbocycles. The molecule has 0 fully saturated rings. The smallest absolute Gasteiger partial charge is 0.171 e. The van der Waals surface area contributed by atoms with Gasteiger partial charge < -0.3 is 15.6 Å². The second-order valence-electron chi connectivity index (χ2n) is 2.82. The van der Waals surface area contributed by atoms with Crippen LogP contribution in [0.5, 0.6) is 11.5 Å². The molecule has 0 unspecified atom stereocenters. The van der Waals surface area contributed by atoms with E-state index in [4.69, 9.17) is 10.5 Å². The number of methoxy groups -OCH3 is 1. The van der Waals surface area contributed by atoms with Gasteiger partial charge in [0.15, 0.2) is 11.5 Å². The van der Waals surface area contributed by atoms with E-state index in [2.05, 4.69) is 6.58 Å². The van der Waals surface area contributed by atoms with Gasteiger partial charge in [-0.1, -0.05) is 6.08 Å². The molecule has 3 nitrogen and oxygen atoms in total. The Balaban J connectivity index is 3.22. The predicted octanol–water partition coefficient (Wildman–Crippen LogP) is 2.19. The van der Waals surface area contributed by atoms with E-state index in [0.29, 0.717) is 9.32 Å². The second kappa shape index (κ2) is 4.65. The molecule has 0 amide bonds. The summed E-state index contributed by atoms with van der Waals surface area (Å²) in [5.41, 5.74) is 6.65. The molecule has 0 aliphatic rings. The highest BCUT2D eigenvalue weighted by Crippen LogP contribution is 2.33. The van der Waals surface area contributed by atoms with Crippen LogP contribution in [0.15, 0.2) is 24.8 Å². The Morgan fingerprint density at radius 3 is 2.79 bits per heavy atom. The summed E-state index contributed by atoms with van der Waals surface area (Å²) in [7, 11) is 1.51. The Kier molecular flexibility index (Phi) is 3.77. The lowest BCUT2D eigenvalue weighted by Crippen LogP contribution is -2.07. The van der Waals surface area contributed by atoms with Crippen LogP contribution in [0.25, 0.3) is 0 Å². The van der Waals surface area contributed by atoms with Crippen molar-refractivity contribution in [3.8, 4) is 11.5 Å². The summed E-state index contributed by atoms with van der Waals surface area (Å²) >= 11 is 2.03. The Morgan fingerprint density at radius 1 is 1.64 bits per heavy atom. The van der Waals surface area contributed by atoms with Crippen molar-refractivity contribution >= 4 is 22.6 Å². The maximum Gasteiger partial charge on any atom is 0.171 e. The molecule has 0 heterocycles. The minimum Gasteiger partial charge on any atom is -0.504 e. The maximum atomic E-state index is 9.58. The first kappa shape index (κ1) is 11.3. The third kappa shape index (κ3) is 2.19. The molecule has 0 spiro atoms. The van der Waals surface area contributed by atoms with Crippen LogP contribution in [0, 0.1) is 3.57 Å². The van der Waals surface area contributed by atoms with E-state index < -0.39 is 0 Å².